The Bertz CT molecular complexity index is 440. The summed E-state index contributed by atoms with van der Waals surface area (Å²) < 4.78 is 21.5. The number of hydrogen-bond acceptors (Lipinski definition) is 5. The first-order valence-electron chi connectivity index (χ1n) is 5.43. The van der Waals surface area contributed by atoms with E-state index in [9.17, 15) is 13.2 Å². The normalized spacial score (nSPS) is 15.6. The van der Waals surface area contributed by atoms with Crippen LogP contribution < -0.4 is 11.1 Å². The molecule has 4 N–H and O–H groups in total. The average molecular weight is 279 g/mol. The molecule has 1 amide bonds. The quantitative estimate of drug-likeness (QED) is 0.276. The Morgan fingerprint density at radius 3 is 2.11 bits per heavy atom. The average Bonchev–Trinajstić information content (AvgIpc) is 2.22. The molecule has 0 spiro atoms. The van der Waals surface area contributed by atoms with Crippen molar-refractivity contribution in [1.82, 2.24) is 5.32 Å². The van der Waals surface area contributed by atoms with Gasteiger partial charge in [-0.05, 0) is 19.8 Å². The van der Waals surface area contributed by atoms with Crippen molar-refractivity contribution < 1.29 is 18.4 Å². The molecule has 7 nitrogen and oxygen atoms in total. The van der Waals surface area contributed by atoms with Gasteiger partial charge in [-0.2, -0.15) is 0 Å². The number of amides is 1. The molecule has 0 aliphatic heterocycles. The summed E-state index contributed by atoms with van der Waals surface area (Å²) in [5.74, 6) is -0.988. The number of hydrogen-bond donors (Lipinski definition) is 3. The Kier molecular flexibility index (Phi) is 5.15. The summed E-state index contributed by atoms with van der Waals surface area (Å²) in [4.78, 5) is 12.0. The van der Waals surface area contributed by atoms with Gasteiger partial charge in [0, 0.05) is 6.26 Å². The third kappa shape index (κ3) is 3.59. The smallest absolute Gasteiger partial charge is 0.241 e. The van der Waals surface area contributed by atoms with E-state index in [0.29, 0.717) is 0 Å². The van der Waals surface area contributed by atoms with Crippen LogP contribution >= 0.6 is 0 Å². The van der Waals surface area contributed by atoms with Gasteiger partial charge in [-0.15, -0.1) is 0 Å². The molecular formula is C10H21N3O4S. The topological polar surface area (TPSA) is 122 Å². The summed E-state index contributed by atoms with van der Waals surface area (Å²) in [7, 11) is -3.56. The van der Waals surface area contributed by atoms with E-state index in [1.54, 1.807) is 13.8 Å². The van der Waals surface area contributed by atoms with E-state index in [4.69, 9.17) is 10.9 Å². The Hall–Kier alpha value is -1.31. The number of oxime groups is 1. The van der Waals surface area contributed by atoms with Crippen molar-refractivity contribution in [2.45, 2.75) is 38.5 Å². The zero-order valence-electron chi connectivity index (χ0n) is 11.3. The lowest BCUT2D eigenvalue weighted by atomic mass is 10.0. The summed E-state index contributed by atoms with van der Waals surface area (Å²) in [6.07, 6.45) is 0.987. The van der Waals surface area contributed by atoms with Crippen molar-refractivity contribution in [2.75, 3.05) is 6.26 Å². The summed E-state index contributed by atoms with van der Waals surface area (Å²) in [5.41, 5.74) is 5.45. The summed E-state index contributed by atoms with van der Waals surface area (Å²) in [6, 6.07) is -0.719. The van der Waals surface area contributed by atoms with Crippen LogP contribution in [0.1, 0.15) is 27.7 Å². The lowest BCUT2D eigenvalue weighted by Crippen LogP contribution is -2.55. The fourth-order valence-electron chi connectivity index (χ4n) is 1.13. The fraction of sp³-hybridized carbons (Fsp3) is 0.800. The molecule has 1 atom stereocenters. The third-order valence-corrected chi connectivity index (χ3v) is 4.90. The molecule has 0 bridgehead atoms. The molecule has 0 heterocycles. The highest BCUT2D eigenvalue weighted by atomic mass is 32.2. The van der Waals surface area contributed by atoms with Crippen molar-refractivity contribution in [1.29, 1.82) is 0 Å². The van der Waals surface area contributed by atoms with Gasteiger partial charge in [-0.25, -0.2) is 8.42 Å². The van der Waals surface area contributed by atoms with Crippen molar-refractivity contribution in [2.24, 2.45) is 16.8 Å². The maximum atomic E-state index is 12.0. The highest BCUT2D eigenvalue weighted by Crippen LogP contribution is 2.16. The Morgan fingerprint density at radius 1 is 1.39 bits per heavy atom. The van der Waals surface area contributed by atoms with Gasteiger partial charge < -0.3 is 16.3 Å². The van der Waals surface area contributed by atoms with Crippen LogP contribution in [0.15, 0.2) is 5.16 Å². The minimum absolute atomic E-state index is 0.139. The Labute approximate surface area is 107 Å². The van der Waals surface area contributed by atoms with Crippen LogP contribution in [0.4, 0.5) is 0 Å². The molecule has 18 heavy (non-hydrogen) atoms. The van der Waals surface area contributed by atoms with Crippen LogP contribution in [0, 0.1) is 5.92 Å². The Balaban J connectivity index is 5.16. The molecular weight excluding hydrogens is 258 g/mol. The molecule has 0 aromatic rings. The van der Waals surface area contributed by atoms with E-state index >= 15 is 0 Å². The first-order valence-corrected chi connectivity index (χ1v) is 7.32. The minimum Gasteiger partial charge on any atom is -0.409 e. The number of nitrogens with one attached hydrogen (secondary N) is 1. The first kappa shape index (κ1) is 16.7. The van der Waals surface area contributed by atoms with Gasteiger partial charge in [-0.1, -0.05) is 19.0 Å². The summed E-state index contributed by atoms with van der Waals surface area (Å²) in [6.45, 7) is 6.13. The predicted octanol–water partition coefficient (Wildman–Crippen LogP) is -0.303. The third-order valence-electron chi connectivity index (χ3n) is 2.86. The van der Waals surface area contributed by atoms with E-state index in [0.717, 1.165) is 6.26 Å². The summed E-state index contributed by atoms with van der Waals surface area (Å²) >= 11 is 0. The van der Waals surface area contributed by atoms with Gasteiger partial charge >= 0.3 is 0 Å². The molecule has 0 radical (unpaired) electrons. The number of carbonyl (C=O) groups is 1. The largest absolute Gasteiger partial charge is 0.409 e. The van der Waals surface area contributed by atoms with Crippen molar-refractivity contribution in [3.05, 3.63) is 0 Å². The number of nitrogens with zero attached hydrogens (tertiary/aromatic N) is 1. The number of nitrogens with two attached hydrogens (primary N) is 1. The number of sulfone groups is 1. The molecule has 0 aliphatic carbocycles. The zero-order chi connectivity index (χ0) is 14.7. The lowest BCUT2D eigenvalue weighted by Gasteiger charge is -2.27. The van der Waals surface area contributed by atoms with Crippen molar-refractivity contribution in [3.8, 4) is 0 Å². The monoisotopic (exact) mass is 279 g/mol. The molecule has 0 aromatic heterocycles. The van der Waals surface area contributed by atoms with Gasteiger partial charge in [0.25, 0.3) is 0 Å². The second-order valence-electron chi connectivity index (χ2n) is 5.00. The van der Waals surface area contributed by atoms with Crippen LogP contribution in [0.3, 0.4) is 0 Å². The van der Waals surface area contributed by atoms with E-state index in [1.165, 1.54) is 13.8 Å². The first-order chi connectivity index (χ1) is 7.95. The van der Waals surface area contributed by atoms with E-state index in [2.05, 4.69) is 10.5 Å². The number of rotatable bonds is 5. The van der Waals surface area contributed by atoms with Gasteiger partial charge in [-0.3, -0.25) is 4.79 Å². The minimum atomic E-state index is -3.56. The van der Waals surface area contributed by atoms with Crippen LogP contribution in [0.25, 0.3) is 0 Å². The van der Waals surface area contributed by atoms with E-state index in [1.807, 2.05) is 0 Å². The maximum Gasteiger partial charge on any atom is 0.241 e. The standard InChI is InChI=1S/C10H21N3O4S/c1-6(2)7(8(11)13-15)12-9(14)10(3,4)18(5,16)17/h6-7,15H,1-5H3,(H2,11,13)(H,12,14). The van der Waals surface area contributed by atoms with Gasteiger partial charge in [0.1, 0.15) is 4.75 Å². The van der Waals surface area contributed by atoms with E-state index in [-0.39, 0.29) is 11.8 Å². The van der Waals surface area contributed by atoms with Gasteiger partial charge in [0.15, 0.2) is 15.7 Å². The fourth-order valence-corrected chi connectivity index (χ4v) is 1.52. The predicted molar refractivity (Wildman–Crippen MR) is 69.1 cm³/mol. The molecule has 0 saturated carbocycles. The summed E-state index contributed by atoms with van der Waals surface area (Å²) in [5, 5.41) is 13.9. The van der Waals surface area contributed by atoms with Crippen molar-refractivity contribution >= 4 is 21.6 Å². The Morgan fingerprint density at radius 2 is 1.83 bits per heavy atom. The second-order valence-corrected chi connectivity index (χ2v) is 7.57. The van der Waals surface area contributed by atoms with Gasteiger partial charge in [0.2, 0.25) is 5.91 Å². The maximum absolute atomic E-state index is 12.0. The zero-order valence-corrected chi connectivity index (χ0v) is 12.1. The van der Waals surface area contributed by atoms with E-state index < -0.39 is 26.5 Å². The SMILES string of the molecule is CC(C)C(NC(=O)C(C)(C)S(C)(=O)=O)C(N)=NO. The van der Waals surface area contributed by atoms with Crippen LogP contribution in [-0.4, -0.2) is 42.4 Å². The highest BCUT2D eigenvalue weighted by molar-refractivity contribution is 7.92. The van der Waals surface area contributed by atoms with Gasteiger partial charge in [0.05, 0.1) is 6.04 Å². The highest BCUT2D eigenvalue weighted by Gasteiger charge is 2.40. The molecule has 0 saturated heterocycles. The van der Waals surface area contributed by atoms with Crippen LogP contribution in [0.2, 0.25) is 0 Å². The second kappa shape index (κ2) is 5.55. The molecule has 0 fully saturated rings. The van der Waals surface area contributed by atoms with Crippen LogP contribution in [0.5, 0.6) is 0 Å². The van der Waals surface area contributed by atoms with Crippen molar-refractivity contribution in [3.63, 3.8) is 0 Å². The lowest BCUT2D eigenvalue weighted by molar-refractivity contribution is -0.123. The van der Waals surface area contributed by atoms with Crippen LogP contribution in [-0.2, 0) is 14.6 Å². The molecule has 0 aromatic carbocycles. The molecule has 0 rings (SSSR count). The molecule has 106 valence electrons. The number of carbonyl (C=O) groups excluding carboxylic acids is 1. The molecule has 8 heteroatoms. The molecule has 1 unspecified atom stereocenters. The number of amidine groups is 1. The molecule has 0 aliphatic rings.